The van der Waals surface area contributed by atoms with Gasteiger partial charge in [-0.1, -0.05) is 0 Å². The Labute approximate surface area is 131 Å². The number of ether oxygens (including phenoxy) is 2. The Kier molecular flexibility index (Phi) is 11.1. The molecule has 2 aliphatic rings. The van der Waals surface area contributed by atoms with Crippen LogP contribution in [0, 0.1) is 11.8 Å². The summed E-state index contributed by atoms with van der Waals surface area (Å²) in [5, 5.41) is 0. The summed E-state index contributed by atoms with van der Waals surface area (Å²) in [7, 11) is 2.79. The number of carbonyl (C=O) groups excluding carboxylic acids is 2. The summed E-state index contributed by atoms with van der Waals surface area (Å²) in [6.07, 6.45) is 3.71. The molecule has 120 valence electrons. The highest BCUT2D eigenvalue weighted by Gasteiger charge is 2.34. The van der Waals surface area contributed by atoms with Crippen LogP contribution in [0.3, 0.4) is 0 Å². The van der Waals surface area contributed by atoms with Gasteiger partial charge in [-0.25, -0.2) is 0 Å². The van der Waals surface area contributed by atoms with E-state index in [0.717, 1.165) is 25.7 Å². The van der Waals surface area contributed by atoms with Gasteiger partial charge in [-0.15, -0.1) is 24.8 Å². The van der Waals surface area contributed by atoms with Crippen LogP contribution in [0.15, 0.2) is 0 Å². The zero-order valence-corrected chi connectivity index (χ0v) is 13.4. The molecule has 4 atom stereocenters. The van der Waals surface area contributed by atoms with E-state index in [1.165, 1.54) is 14.2 Å². The molecule has 0 bridgehead atoms. The molecule has 2 fully saturated rings. The van der Waals surface area contributed by atoms with E-state index in [-0.39, 0.29) is 60.7 Å². The van der Waals surface area contributed by atoms with E-state index < -0.39 is 0 Å². The highest BCUT2D eigenvalue weighted by molar-refractivity contribution is 5.85. The number of methoxy groups -OCH3 is 2. The average molecular weight is 331 g/mol. The molecule has 2 rings (SSSR count). The number of hydrogen-bond acceptors (Lipinski definition) is 6. The highest BCUT2D eigenvalue weighted by atomic mass is 35.5. The van der Waals surface area contributed by atoms with Gasteiger partial charge in [0.2, 0.25) is 0 Å². The van der Waals surface area contributed by atoms with E-state index in [4.69, 9.17) is 11.5 Å². The Balaban J connectivity index is 0. The smallest absolute Gasteiger partial charge is 0.310 e. The molecule has 0 radical (unpaired) electrons. The summed E-state index contributed by atoms with van der Waals surface area (Å²) in [5.41, 5.74) is 11.0. The number of rotatable bonds is 2. The first kappa shape index (κ1) is 21.7. The van der Waals surface area contributed by atoms with Crippen molar-refractivity contribution in [3.63, 3.8) is 0 Å². The fourth-order valence-corrected chi connectivity index (χ4v) is 1.94. The zero-order chi connectivity index (χ0) is 13.7. The van der Waals surface area contributed by atoms with Gasteiger partial charge in [0.25, 0.3) is 0 Å². The predicted molar refractivity (Wildman–Crippen MR) is 79.9 cm³/mol. The third-order valence-corrected chi connectivity index (χ3v) is 3.66. The molecule has 0 aromatic heterocycles. The molecule has 2 aliphatic carbocycles. The van der Waals surface area contributed by atoms with Crippen molar-refractivity contribution in [3.8, 4) is 0 Å². The minimum Gasteiger partial charge on any atom is -0.469 e. The molecular weight excluding hydrogens is 307 g/mol. The third kappa shape index (κ3) is 5.44. The predicted octanol–water partition coefficient (Wildman–Crippen LogP) is 0.637. The van der Waals surface area contributed by atoms with Crippen LogP contribution in [0.4, 0.5) is 0 Å². The SMILES string of the molecule is COC(=O)[C@@H]1CC[C@H]1N.COC(=O)[C@H]1CC[C@@H]1N.Cl.Cl. The highest BCUT2D eigenvalue weighted by Crippen LogP contribution is 2.26. The molecule has 4 N–H and O–H groups in total. The van der Waals surface area contributed by atoms with E-state index in [1.54, 1.807) is 0 Å². The minimum atomic E-state index is -0.159. The molecule has 0 unspecified atom stereocenters. The number of hydrogen-bond donors (Lipinski definition) is 2. The fraction of sp³-hybridized carbons (Fsp3) is 0.833. The maximum Gasteiger partial charge on any atom is 0.310 e. The Morgan fingerprint density at radius 3 is 1.15 bits per heavy atom. The average Bonchev–Trinajstić information content (AvgIpc) is 2.35. The second-order valence-electron chi connectivity index (χ2n) is 4.74. The van der Waals surface area contributed by atoms with Crippen molar-refractivity contribution in [1.82, 2.24) is 0 Å². The second kappa shape index (κ2) is 10.2. The second-order valence-corrected chi connectivity index (χ2v) is 4.74. The van der Waals surface area contributed by atoms with Crippen LogP contribution in [-0.4, -0.2) is 38.2 Å². The van der Waals surface area contributed by atoms with Gasteiger partial charge in [-0.2, -0.15) is 0 Å². The summed E-state index contributed by atoms with van der Waals surface area (Å²) in [6, 6.07) is 0.106. The molecule has 0 aromatic carbocycles. The van der Waals surface area contributed by atoms with Crippen molar-refractivity contribution in [2.24, 2.45) is 23.3 Å². The van der Waals surface area contributed by atoms with Crippen LogP contribution in [0.25, 0.3) is 0 Å². The molecule has 0 heterocycles. The summed E-state index contributed by atoms with van der Waals surface area (Å²) >= 11 is 0. The summed E-state index contributed by atoms with van der Waals surface area (Å²) in [4.78, 5) is 21.4. The van der Waals surface area contributed by atoms with Gasteiger partial charge in [0.05, 0.1) is 26.1 Å². The van der Waals surface area contributed by atoms with Gasteiger partial charge in [-0.3, -0.25) is 9.59 Å². The Morgan fingerprint density at radius 1 is 0.800 bits per heavy atom. The standard InChI is InChI=1S/2C6H11NO2.2ClH/c2*1-9-6(8)4-2-3-5(4)7;;/h2*4-5H,2-3,7H2,1H3;2*1H/t2*4-,5-;;/m10../s1. The summed E-state index contributed by atoms with van der Waals surface area (Å²) in [6.45, 7) is 0. The van der Waals surface area contributed by atoms with Crippen molar-refractivity contribution in [1.29, 1.82) is 0 Å². The van der Waals surface area contributed by atoms with Gasteiger partial charge >= 0.3 is 11.9 Å². The number of esters is 2. The monoisotopic (exact) mass is 330 g/mol. The van der Waals surface area contributed by atoms with Crippen molar-refractivity contribution < 1.29 is 19.1 Å². The number of halogens is 2. The number of nitrogens with two attached hydrogens (primary N) is 2. The van der Waals surface area contributed by atoms with Crippen LogP contribution in [0.1, 0.15) is 25.7 Å². The normalized spacial score (nSPS) is 29.8. The van der Waals surface area contributed by atoms with Crippen molar-refractivity contribution in [2.75, 3.05) is 14.2 Å². The molecule has 0 amide bonds. The van der Waals surface area contributed by atoms with Gasteiger partial charge in [0, 0.05) is 12.1 Å². The molecular formula is C12H24Cl2N2O4. The topological polar surface area (TPSA) is 105 Å². The van der Waals surface area contributed by atoms with Crippen LogP contribution in [-0.2, 0) is 19.1 Å². The summed E-state index contributed by atoms with van der Waals surface area (Å²) < 4.78 is 9.01. The lowest BCUT2D eigenvalue weighted by molar-refractivity contribution is -0.150. The van der Waals surface area contributed by atoms with E-state index in [9.17, 15) is 9.59 Å². The first-order chi connectivity index (χ1) is 8.51. The Morgan fingerprint density at radius 2 is 1.10 bits per heavy atom. The zero-order valence-electron chi connectivity index (χ0n) is 11.7. The van der Waals surface area contributed by atoms with E-state index in [2.05, 4.69) is 9.47 Å². The van der Waals surface area contributed by atoms with Gasteiger partial charge in [0.15, 0.2) is 0 Å². The number of carbonyl (C=O) groups is 2. The lowest BCUT2D eigenvalue weighted by Gasteiger charge is -2.30. The van der Waals surface area contributed by atoms with Crippen LogP contribution >= 0.6 is 24.8 Å². The molecule has 8 heteroatoms. The molecule has 20 heavy (non-hydrogen) atoms. The molecule has 0 saturated heterocycles. The van der Waals surface area contributed by atoms with E-state index >= 15 is 0 Å². The van der Waals surface area contributed by atoms with Crippen molar-refractivity contribution >= 4 is 36.8 Å². The molecule has 0 aliphatic heterocycles. The quantitative estimate of drug-likeness (QED) is 0.720. The first-order valence-electron chi connectivity index (χ1n) is 6.18. The molecule has 6 nitrogen and oxygen atoms in total. The van der Waals surface area contributed by atoms with Gasteiger partial charge in [-0.05, 0) is 25.7 Å². The van der Waals surface area contributed by atoms with Gasteiger partial charge < -0.3 is 20.9 Å². The van der Waals surface area contributed by atoms with Crippen LogP contribution < -0.4 is 11.5 Å². The van der Waals surface area contributed by atoms with E-state index in [1.807, 2.05) is 0 Å². The molecule has 0 aromatic rings. The Hall–Kier alpha value is -0.560. The first-order valence-corrected chi connectivity index (χ1v) is 6.18. The Bertz CT molecular complexity index is 288. The largest absolute Gasteiger partial charge is 0.469 e. The summed E-state index contributed by atoms with van der Waals surface area (Å²) in [5.74, 6) is -0.354. The van der Waals surface area contributed by atoms with Crippen molar-refractivity contribution in [2.45, 2.75) is 37.8 Å². The lowest BCUT2D eigenvalue weighted by Crippen LogP contribution is -2.44. The lowest BCUT2D eigenvalue weighted by atomic mass is 9.80. The molecule has 0 spiro atoms. The van der Waals surface area contributed by atoms with Crippen molar-refractivity contribution in [3.05, 3.63) is 0 Å². The van der Waals surface area contributed by atoms with E-state index in [0.29, 0.717) is 0 Å². The van der Waals surface area contributed by atoms with Gasteiger partial charge in [0.1, 0.15) is 0 Å². The third-order valence-electron chi connectivity index (χ3n) is 3.66. The van der Waals surface area contributed by atoms with Crippen LogP contribution in [0.5, 0.6) is 0 Å². The minimum absolute atomic E-state index is 0. The maximum absolute atomic E-state index is 10.7. The fourth-order valence-electron chi connectivity index (χ4n) is 1.94. The molecule has 2 saturated carbocycles. The van der Waals surface area contributed by atoms with Crippen LogP contribution in [0.2, 0.25) is 0 Å². The maximum atomic E-state index is 10.7.